The van der Waals surface area contributed by atoms with E-state index in [2.05, 4.69) is 0 Å². The van der Waals surface area contributed by atoms with Crippen LogP contribution < -0.4 is 4.90 Å². The van der Waals surface area contributed by atoms with E-state index < -0.39 is 41.1 Å². The minimum atomic E-state index is -1.43. The number of hydrogen-bond donors (Lipinski definition) is 1. The first-order valence-electron chi connectivity index (χ1n) is 13.9. The normalized spacial score (nSPS) is 34.3. The van der Waals surface area contributed by atoms with Crippen molar-refractivity contribution < 1.29 is 29.0 Å². The molecule has 1 spiro atoms. The molecule has 2 fully saturated rings. The van der Waals surface area contributed by atoms with Gasteiger partial charge in [-0.2, -0.15) is 0 Å². The Morgan fingerprint density at radius 3 is 2.56 bits per heavy atom. The smallest absolute Gasteiger partial charge is 0.313 e. The molecule has 2 amide bonds. The lowest BCUT2D eigenvalue weighted by Crippen LogP contribution is -2.59. The number of allylic oxidation sites excluding steroid dienone is 1. The Hall–Kier alpha value is -2.68. The zero-order valence-corrected chi connectivity index (χ0v) is 23.5. The molecule has 1 N–H and O–H groups in total. The van der Waals surface area contributed by atoms with Crippen LogP contribution in [-0.4, -0.2) is 70.8 Å². The SMILES string of the molecule is CC(C)C[C@H](CO)N1C(=O)[C@@H]2[C@H]3C(=O)OCCCC/C=C\[C@@]3(C)O[C@@]23C=CCN(c2ccccc2Cl)C(=O)C13. The molecule has 1 unspecified atom stereocenters. The van der Waals surface area contributed by atoms with Crippen LogP contribution in [0.4, 0.5) is 5.69 Å². The van der Waals surface area contributed by atoms with Gasteiger partial charge < -0.3 is 24.4 Å². The largest absolute Gasteiger partial charge is 0.465 e. The van der Waals surface area contributed by atoms with Crippen LogP contribution in [-0.2, 0) is 23.9 Å². The Bertz CT molecular complexity index is 1200. The van der Waals surface area contributed by atoms with Crippen LogP contribution in [0.5, 0.6) is 0 Å². The number of amides is 2. The highest BCUT2D eigenvalue weighted by molar-refractivity contribution is 6.34. The summed E-state index contributed by atoms with van der Waals surface area (Å²) in [5.41, 5.74) is -2.06. The number of ether oxygens (including phenoxy) is 2. The number of esters is 1. The number of anilines is 1. The lowest BCUT2D eigenvalue weighted by atomic mass is 9.74. The second kappa shape index (κ2) is 10.7. The first kappa shape index (κ1) is 27.9. The lowest BCUT2D eigenvalue weighted by molar-refractivity contribution is -0.160. The van der Waals surface area contributed by atoms with E-state index in [0.717, 1.165) is 19.3 Å². The number of rotatable bonds is 5. The van der Waals surface area contributed by atoms with Crippen molar-refractivity contribution in [2.24, 2.45) is 17.8 Å². The number of hydrogen-bond acceptors (Lipinski definition) is 6. The quantitative estimate of drug-likeness (QED) is 0.436. The Morgan fingerprint density at radius 2 is 1.85 bits per heavy atom. The summed E-state index contributed by atoms with van der Waals surface area (Å²) in [4.78, 5) is 45.7. The fourth-order valence-electron chi connectivity index (χ4n) is 6.84. The zero-order chi connectivity index (χ0) is 27.9. The number of aliphatic hydroxyl groups excluding tert-OH is 1. The van der Waals surface area contributed by atoms with Crippen LogP contribution in [0.25, 0.3) is 0 Å². The van der Waals surface area contributed by atoms with Gasteiger partial charge in [0, 0.05) is 6.54 Å². The molecule has 4 aliphatic rings. The molecule has 0 aliphatic carbocycles. The summed E-state index contributed by atoms with van der Waals surface area (Å²) in [6, 6.07) is 5.34. The van der Waals surface area contributed by atoms with Gasteiger partial charge >= 0.3 is 5.97 Å². The van der Waals surface area contributed by atoms with Crippen molar-refractivity contribution in [1.29, 1.82) is 0 Å². The third kappa shape index (κ3) is 4.60. The number of benzene rings is 1. The third-order valence-corrected chi connectivity index (χ3v) is 8.75. The third-order valence-electron chi connectivity index (χ3n) is 8.43. The van der Waals surface area contributed by atoms with E-state index in [1.165, 1.54) is 4.90 Å². The molecule has 0 aromatic heterocycles. The number of likely N-dealkylation sites (tertiary alicyclic amines) is 1. The predicted octanol–water partition coefficient (Wildman–Crippen LogP) is 3.90. The summed E-state index contributed by atoms with van der Waals surface area (Å²) < 4.78 is 12.5. The van der Waals surface area contributed by atoms with Gasteiger partial charge in [-0.15, -0.1) is 0 Å². The van der Waals surface area contributed by atoms with Crippen LogP contribution in [0, 0.1) is 17.8 Å². The van der Waals surface area contributed by atoms with Crippen molar-refractivity contribution in [2.45, 2.75) is 69.7 Å². The second-order valence-corrected chi connectivity index (χ2v) is 12.0. The molecular formula is C30H37ClN2O6. The maximum absolute atomic E-state index is 14.6. The van der Waals surface area contributed by atoms with Gasteiger partial charge in [-0.1, -0.05) is 61.9 Å². The van der Waals surface area contributed by atoms with Crippen molar-refractivity contribution in [2.75, 3.05) is 24.7 Å². The maximum Gasteiger partial charge on any atom is 0.313 e. The molecule has 0 bridgehead atoms. The summed E-state index contributed by atoms with van der Waals surface area (Å²) in [6.07, 6.45) is 10.3. The second-order valence-electron chi connectivity index (χ2n) is 11.6. The monoisotopic (exact) mass is 556 g/mol. The molecule has 4 heterocycles. The van der Waals surface area contributed by atoms with Gasteiger partial charge in [-0.3, -0.25) is 14.4 Å². The summed E-state index contributed by atoms with van der Waals surface area (Å²) >= 11 is 6.52. The van der Waals surface area contributed by atoms with Gasteiger partial charge in [0.15, 0.2) is 0 Å². The number of para-hydroxylation sites is 1. The van der Waals surface area contributed by atoms with Gasteiger partial charge in [0.1, 0.15) is 17.6 Å². The van der Waals surface area contributed by atoms with Gasteiger partial charge in [-0.05, 0) is 50.7 Å². The maximum atomic E-state index is 14.6. The molecule has 9 heteroatoms. The van der Waals surface area contributed by atoms with Gasteiger partial charge in [-0.25, -0.2) is 0 Å². The molecule has 2 saturated heterocycles. The van der Waals surface area contributed by atoms with Crippen LogP contribution in [0.1, 0.15) is 46.5 Å². The molecule has 8 nitrogen and oxygen atoms in total. The van der Waals surface area contributed by atoms with E-state index in [1.54, 1.807) is 42.2 Å². The van der Waals surface area contributed by atoms with E-state index in [1.807, 2.05) is 32.1 Å². The van der Waals surface area contributed by atoms with Gasteiger partial charge in [0.25, 0.3) is 5.91 Å². The van der Waals surface area contributed by atoms with Crippen molar-refractivity contribution in [3.05, 3.63) is 53.6 Å². The molecule has 0 radical (unpaired) electrons. The van der Waals surface area contributed by atoms with Crippen molar-refractivity contribution in [3.8, 4) is 0 Å². The van der Waals surface area contributed by atoms with Gasteiger partial charge in [0.2, 0.25) is 5.91 Å². The first-order valence-corrected chi connectivity index (χ1v) is 14.2. The highest BCUT2D eigenvalue weighted by Gasteiger charge is 2.75. The van der Waals surface area contributed by atoms with E-state index in [9.17, 15) is 19.5 Å². The van der Waals surface area contributed by atoms with E-state index in [4.69, 9.17) is 21.1 Å². The Kier molecular flexibility index (Phi) is 7.65. The van der Waals surface area contributed by atoms with E-state index in [-0.39, 0.29) is 37.5 Å². The molecule has 5 rings (SSSR count). The average Bonchev–Trinajstić information content (AvgIpc) is 3.23. The fraction of sp³-hybridized carbons (Fsp3) is 0.567. The highest BCUT2D eigenvalue weighted by atomic mass is 35.5. The first-order chi connectivity index (χ1) is 18.6. The van der Waals surface area contributed by atoms with Crippen molar-refractivity contribution in [1.82, 2.24) is 4.90 Å². The van der Waals surface area contributed by atoms with Crippen LogP contribution in [0.2, 0.25) is 5.02 Å². The fourth-order valence-corrected chi connectivity index (χ4v) is 7.08. The van der Waals surface area contributed by atoms with E-state index in [0.29, 0.717) is 17.1 Å². The van der Waals surface area contributed by atoms with Crippen LogP contribution in [0.15, 0.2) is 48.6 Å². The molecule has 0 saturated carbocycles. The predicted molar refractivity (Wildman–Crippen MR) is 147 cm³/mol. The van der Waals surface area contributed by atoms with Crippen LogP contribution in [0.3, 0.4) is 0 Å². The van der Waals surface area contributed by atoms with E-state index >= 15 is 0 Å². The Labute approximate surface area is 234 Å². The molecule has 1 aromatic carbocycles. The standard InChI is InChI=1S/C30H37ClN2O6/c1-19(2)17-20(18-34)33-25-27(36)32(22-12-7-6-11-21(22)31)15-10-14-30(25)23(26(33)35)24-28(37)38-16-9-5-4-8-13-29(24,3)39-30/h6-8,10-14,19-20,23-25,34H,4-5,9,15-18H2,1-3H3/b13-8-/t20-,23+,24+,25?,29-,30+/m1/s1. The number of carbonyl (C=O) groups excluding carboxylic acids is 3. The molecular weight excluding hydrogens is 520 g/mol. The highest BCUT2D eigenvalue weighted by Crippen LogP contribution is 2.57. The van der Waals surface area contributed by atoms with Crippen molar-refractivity contribution in [3.63, 3.8) is 0 Å². The number of nitrogens with zero attached hydrogens (tertiary/aromatic N) is 2. The Balaban J connectivity index is 1.68. The number of cyclic esters (lactones) is 1. The average molecular weight is 557 g/mol. The number of fused-ring (bicyclic) bond motifs is 2. The molecule has 4 aliphatic heterocycles. The lowest BCUT2D eigenvalue weighted by Gasteiger charge is -2.40. The Morgan fingerprint density at radius 1 is 1.08 bits per heavy atom. The van der Waals surface area contributed by atoms with Crippen LogP contribution >= 0.6 is 11.6 Å². The zero-order valence-electron chi connectivity index (χ0n) is 22.7. The van der Waals surface area contributed by atoms with Gasteiger partial charge in [0.05, 0.1) is 41.5 Å². The summed E-state index contributed by atoms with van der Waals surface area (Å²) in [5, 5.41) is 10.9. The molecule has 39 heavy (non-hydrogen) atoms. The number of halogens is 1. The van der Waals surface area contributed by atoms with Crippen molar-refractivity contribution >= 4 is 35.1 Å². The minimum Gasteiger partial charge on any atom is -0.465 e. The number of carbonyl (C=O) groups is 3. The molecule has 210 valence electrons. The summed E-state index contributed by atoms with van der Waals surface area (Å²) in [5.74, 6) is -3.04. The topological polar surface area (TPSA) is 96.4 Å². The summed E-state index contributed by atoms with van der Waals surface area (Å²) in [6.45, 7) is 5.96. The minimum absolute atomic E-state index is 0.148. The molecule has 6 atom stereocenters. The number of aliphatic hydroxyl groups is 1. The summed E-state index contributed by atoms with van der Waals surface area (Å²) in [7, 11) is 0. The molecule has 1 aromatic rings.